The quantitative estimate of drug-likeness (QED) is 0.791. The maximum atomic E-state index is 5.73. The Morgan fingerprint density at radius 2 is 2.18 bits per heavy atom. The number of para-hydroxylation sites is 1. The summed E-state index contributed by atoms with van der Waals surface area (Å²) in [6, 6.07) is 12.6. The molecule has 0 amide bonds. The lowest BCUT2D eigenvalue weighted by Crippen LogP contribution is -2.28. The van der Waals surface area contributed by atoms with Crippen molar-refractivity contribution < 1.29 is 4.42 Å². The van der Waals surface area contributed by atoms with Crippen LogP contribution < -0.4 is 4.90 Å². The molecule has 0 fully saturated rings. The second-order valence-corrected chi connectivity index (χ2v) is 6.56. The molecular weight excluding hydrogens is 294 g/mol. The number of rotatable bonds is 3. The molecule has 0 saturated heterocycles. The van der Waals surface area contributed by atoms with Crippen LogP contribution in [0.1, 0.15) is 11.3 Å². The molecule has 0 atom stereocenters. The minimum Gasteiger partial charge on any atom is -0.460 e. The molecule has 0 unspecified atom stereocenters. The minimum atomic E-state index is 0.836. The van der Waals surface area contributed by atoms with Gasteiger partial charge < -0.3 is 9.32 Å². The molecule has 3 heterocycles. The molecule has 0 spiro atoms. The number of thioether (sulfide) groups is 1. The Balaban J connectivity index is 1.65. The van der Waals surface area contributed by atoms with Gasteiger partial charge in [-0.15, -0.1) is 11.8 Å². The van der Waals surface area contributed by atoms with Gasteiger partial charge in [0.05, 0.1) is 11.9 Å². The van der Waals surface area contributed by atoms with Crippen molar-refractivity contribution in [3.63, 3.8) is 0 Å². The number of furan rings is 1. The lowest BCUT2D eigenvalue weighted by atomic mass is 10.2. The molecule has 1 aromatic carbocycles. The first kappa shape index (κ1) is 13.5. The van der Waals surface area contributed by atoms with E-state index in [1.807, 2.05) is 37.0 Å². The minimum absolute atomic E-state index is 0.836. The van der Waals surface area contributed by atoms with E-state index < -0.39 is 0 Å². The third-order valence-electron chi connectivity index (χ3n) is 3.89. The lowest BCUT2D eigenvalue weighted by Gasteiger charge is -2.30. The van der Waals surface area contributed by atoms with Gasteiger partial charge in [0.15, 0.2) is 5.76 Å². The van der Waals surface area contributed by atoms with E-state index in [4.69, 9.17) is 4.42 Å². The van der Waals surface area contributed by atoms with Crippen molar-refractivity contribution in [3.05, 3.63) is 53.9 Å². The molecule has 5 heteroatoms. The fourth-order valence-corrected chi connectivity index (χ4v) is 3.86. The number of nitrogens with zero attached hydrogens (tertiary/aromatic N) is 2. The summed E-state index contributed by atoms with van der Waals surface area (Å²) in [4.78, 5) is 3.77. The van der Waals surface area contributed by atoms with E-state index in [0.717, 1.165) is 41.6 Å². The Hall–Kier alpha value is -2.14. The monoisotopic (exact) mass is 311 g/mol. The zero-order chi connectivity index (χ0) is 14.9. The van der Waals surface area contributed by atoms with Crippen LogP contribution in [0.5, 0.6) is 0 Å². The number of H-pyrrole nitrogens is 1. The molecule has 0 saturated carbocycles. The second-order valence-electron chi connectivity index (χ2n) is 5.42. The topological polar surface area (TPSA) is 45.1 Å². The van der Waals surface area contributed by atoms with Gasteiger partial charge in [-0.1, -0.05) is 12.1 Å². The van der Waals surface area contributed by atoms with Crippen LogP contribution >= 0.6 is 11.8 Å². The standard InChI is InChI=1S/C17H17N3OS/c1-12-6-7-15(21-12)17-13(10-18-19-17)11-20-8-9-22-16-5-3-2-4-14(16)20/h2-7,10H,8-9,11H2,1H3,(H,18,19). The van der Waals surface area contributed by atoms with Crippen LogP contribution in [-0.2, 0) is 6.54 Å². The summed E-state index contributed by atoms with van der Waals surface area (Å²) in [5.74, 6) is 2.88. The van der Waals surface area contributed by atoms with Gasteiger partial charge in [-0.25, -0.2) is 0 Å². The van der Waals surface area contributed by atoms with Crippen molar-refractivity contribution in [3.8, 4) is 11.5 Å². The van der Waals surface area contributed by atoms with Gasteiger partial charge in [-0.2, -0.15) is 5.10 Å². The normalized spacial score (nSPS) is 14.1. The second kappa shape index (κ2) is 5.57. The molecule has 1 aliphatic rings. The zero-order valence-electron chi connectivity index (χ0n) is 12.4. The molecule has 1 aliphatic heterocycles. The molecule has 4 rings (SSSR count). The van der Waals surface area contributed by atoms with E-state index in [1.165, 1.54) is 10.6 Å². The van der Waals surface area contributed by atoms with E-state index in [0.29, 0.717) is 0 Å². The number of aryl methyl sites for hydroxylation is 1. The van der Waals surface area contributed by atoms with E-state index >= 15 is 0 Å². The van der Waals surface area contributed by atoms with Crippen LogP contribution in [0, 0.1) is 6.92 Å². The van der Waals surface area contributed by atoms with Gasteiger partial charge in [-0.3, -0.25) is 5.10 Å². The summed E-state index contributed by atoms with van der Waals surface area (Å²) >= 11 is 1.93. The van der Waals surface area contributed by atoms with E-state index in [1.54, 1.807) is 0 Å². The fourth-order valence-electron chi connectivity index (χ4n) is 2.81. The fraction of sp³-hybridized carbons (Fsp3) is 0.235. The molecular formula is C17H17N3OS. The summed E-state index contributed by atoms with van der Waals surface area (Å²) in [5, 5.41) is 7.29. The Bertz CT molecular complexity index is 793. The molecule has 4 nitrogen and oxygen atoms in total. The largest absolute Gasteiger partial charge is 0.460 e. The molecule has 3 aromatic rings. The highest BCUT2D eigenvalue weighted by atomic mass is 32.2. The Morgan fingerprint density at radius 1 is 1.27 bits per heavy atom. The summed E-state index contributed by atoms with van der Waals surface area (Å²) in [6.07, 6.45) is 1.90. The van der Waals surface area contributed by atoms with Crippen molar-refractivity contribution in [1.29, 1.82) is 0 Å². The van der Waals surface area contributed by atoms with Crippen LogP contribution in [0.4, 0.5) is 5.69 Å². The molecule has 0 bridgehead atoms. The van der Waals surface area contributed by atoms with Crippen LogP contribution in [0.2, 0.25) is 0 Å². The first-order chi connectivity index (χ1) is 10.8. The molecule has 22 heavy (non-hydrogen) atoms. The predicted molar refractivity (Wildman–Crippen MR) is 89.2 cm³/mol. The first-order valence-corrected chi connectivity index (χ1v) is 8.35. The van der Waals surface area contributed by atoms with Crippen LogP contribution in [0.15, 0.2) is 51.9 Å². The number of hydrogen-bond donors (Lipinski definition) is 1. The van der Waals surface area contributed by atoms with Crippen LogP contribution in [0.25, 0.3) is 11.5 Å². The molecule has 0 radical (unpaired) electrons. The number of aromatic nitrogens is 2. The number of fused-ring (bicyclic) bond motifs is 1. The summed E-state index contributed by atoms with van der Waals surface area (Å²) in [6.45, 7) is 3.84. The van der Waals surface area contributed by atoms with E-state index in [-0.39, 0.29) is 0 Å². The summed E-state index contributed by atoms with van der Waals surface area (Å²) < 4.78 is 5.73. The highest BCUT2D eigenvalue weighted by molar-refractivity contribution is 7.99. The highest BCUT2D eigenvalue weighted by Crippen LogP contribution is 2.36. The number of nitrogens with one attached hydrogen (secondary N) is 1. The summed E-state index contributed by atoms with van der Waals surface area (Å²) in [7, 11) is 0. The Kier molecular flexibility index (Phi) is 3.42. The SMILES string of the molecule is Cc1ccc(-c2[nH]ncc2CN2CCSc3ccccc32)o1. The molecule has 2 aromatic heterocycles. The van der Waals surface area contributed by atoms with Crippen LogP contribution in [-0.4, -0.2) is 22.5 Å². The van der Waals surface area contributed by atoms with E-state index in [2.05, 4.69) is 39.4 Å². The van der Waals surface area contributed by atoms with E-state index in [9.17, 15) is 0 Å². The van der Waals surface area contributed by atoms with Gasteiger partial charge in [0, 0.05) is 29.3 Å². The Labute approximate surface area is 133 Å². The van der Waals surface area contributed by atoms with Gasteiger partial charge in [0.2, 0.25) is 0 Å². The zero-order valence-corrected chi connectivity index (χ0v) is 13.2. The molecule has 112 valence electrons. The van der Waals surface area contributed by atoms with Crippen molar-refractivity contribution in [2.24, 2.45) is 0 Å². The number of aromatic amines is 1. The van der Waals surface area contributed by atoms with Crippen molar-refractivity contribution in [2.75, 3.05) is 17.2 Å². The maximum absolute atomic E-state index is 5.73. The first-order valence-electron chi connectivity index (χ1n) is 7.37. The van der Waals surface area contributed by atoms with Crippen LogP contribution in [0.3, 0.4) is 0 Å². The Morgan fingerprint density at radius 3 is 3.05 bits per heavy atom. The van der Waals surface area contributed by atoms with Crippen molar-refractivity contribution >= 4 is 17.4 Å². The highest BCUT2D eigenvalue weighted by Gasteiger charge is 2.20. The van der Waals surface area contributed by atoms with Crippen molar-refractivity contribution in [2.45, 2.75) is 18.4 Å². The van der Waals surface area contributed by atoms with Gasteiger partial charge in [-0.05, 0) is 31.2 Å². The third-order valence-corrected chi connectivity index (χ3v) is 4.93. The van der Waals surface area contributed by atoms with Crippen molar-refractivity contribution in [1.82, 2.24) is 10.2 Å². The van der Waals surface area contributed by atoms with Gasteiger partial charge >= 0.3 is 0 Å². The average molecular weight is 311 g/mol. The third kappa shape index (κ3) is 2.41. The van der Waals surface area contributed by atoms with Gasteiger partial charge in [0.25, 0.3) is 0 Å². The molecule has 1 N–H and O–H groups in total. The maximum Gasteiger partial charge on any atom is 0.152 e. The smallest absolute Gasteiger partial charge is 0.152 e. The summed E-state index contributed by atoms with van der Waals surface area (Å²) in [5.41, 5.74) is 3.45. The average Bonchev–Trinajstić information content (AvgIpc) is 3.16. The number of hydrogen-bond acceptors (Lipinski definition) is 4. The predicted octanol–water partition coefficient (Wildman–Crippen LogP) is 4.09. The number of benzene rings is 1. The molecule has 0 aliphatic carbocycles. The number of anilines is 1. The lowest BCUT2D eigenvalue weighted by molar-refractivity contribution is 0.545. The van der Waals surface area contributed by atoms with Gasteiger partial charge in [0.1, 0.15) is 11.5 Å².